The first-order chi connectivity index (χ1) is 8.24. The number of rotatable bonds is 4. The van der Waals surface area contributed by atoms with Gasteiger partial charge in [-0.3, -0.25) is 4.79 Å². The molecule has 1 atom stereocenters. The van der Waals surface area contributed by atoms with Crippen molar-refractivity contribution in [3.8, 4) is 0 Å². The minimum atomic E-state index is 0. The number of nitrogen functional groups attached to an aromatic ring is 1. The number of halogens is 1. The molecule has 2 rings (SSSR count). The second-order valence-electron chi connectivity index (χ2n) is 4.45. The van der Waals surface area contributed by atoms with Crippen molar-refractivity contribution in [2.24, 2.45) is 5.92 Å². The monoisotopic (exact) mass is 270 g/mol. The zero-order valence-electron chi connectivity index (χ0n) is 10.2. The lowest BCUT2D eigenvalue weighted by Gasteiger charge is -2.09. The van der Waals surface area contributed by atoms with Crippen LogP contribution in [0.3, 0.4) is 0 Å². The topological polar surface area (TPSA) is 64.4 Å². The highest BCUT2D eigenvalue weighted by Gasteiger charge is 2.16. The minimum absolute atomic E-state index is 0. The van der Waals surface area contributed by atoms with Gasteiger partial charge in [0.05, 0.1) is 13.0 Å². The van der Waals surface area contributed by atoms with Crippen LogP contribution in [-0.4, -0.2) is 25.7 Å². The molecule has 1 heterocycles. The van der Waals surface area contributed by atoms with Gasteiger partial charge in [0.2, 0.25) is 5.91 Å². The Balaban J connectivity index is 0.00000162. The number of hydrogen-bond donors (Lipinski definition) is 2. The first kappa shape index (κ1) is 14.8. The van der Waals surface area contributed by atoms with E-state index in [0.29, 0.717) is 18.9 Å². The van der Waals surface area contributed by atoms with Crippen LogP contribution < -0.4 is 11.1 Å². The van der Waals surface area contributed by atoms with Gasteiger partial charge in [-0.25, -0.2) is 0 Å². The van der Waals surface area contributed by atoms with E-state index in [4.69, 9.17) is 10.5 Å². The van der Waals surface area contributed by atoms with Gasteiger partial charge in [-0.1, -0.05) is 12.1 Å². The number of nitrogens with two attached hydrogens (primary N) is 1. The highest BCUT2D eigenvalue weighted by Crippen LogP contribution is 2.11. The molecular formula is C13H19ClN2O2. The number of benzene rings is 1. The molecule has 1 aliphatic rings. The number of carbonyl (C=O) groups is 1. The fraction of sp³-hybridized carbons (Fsp3) is 0.462. The molecule has 1 aliphatic heterocycles. The van der Waals surface area contributed by atoms with Crippen molar-refractivity contribution < 1.29 is 9.53 Å². The van der Waals surface area contributed by atoms with Crippen molar-refractivity contribution >= 4 is 24.0 Å². The Morgan fingerprint density at radius 1 is 1.39 bits per heavy atom. The summed E-state index contributed by atoms with van der Waals surface area (Å²) in [6.45, 7) is 2.30. The van der Waals surface area contributed by atoms with Crippen LogP contribution in [0.1, 0.15) is 12.0 Å². The quantitative estimate of drug-likeness (QED) is 0.813. The van der Waals surface area contributed by atoms with E-state index >= 15 is 0 Å². The van der Waals surface area contributed by atoms with Crippen LogP contribution in [0.15, 0.2) is 24.3 Å². The van der Waals surface area contributed by atoms with Crippen LogP contribution >= 0.6 is 12.4 Å². The SMILES string of the molecule is Cl.Nc1ccc(CC(=O)NCC2CCOC2)cc1. The summed E-state index contributed by atoms with van der Waals surface area (Å²) in [7, 11) is 0. The van der Waals surface area contributed by atoms with Gasteiger partial charge in [0.25, 0.3) is 0 Å². The molecule has 4 nitrogen and oxygen atoms in total. The molecule has 100 valence electrons. The maximum atomic E-state index is 11.7. The highest BCUT2D eigenvalue weighted by molar-refractivity contribution is 5.85. The first-order valence-corrected chi connectivity index (χ1v) is 5.93. The second-order valence-corrected chi connectivity index (χ2v) is 4.45. The highest BCUT2D eigenvalue weighted by atomic mass is 35.5. The van der Waals surface area contributed by atoms with Gasteiger partial charge in [-0.05, 0) is 24.1 Å². The van der Waals surface area contributed by atoms with Gasteiger partial charge in [0.15, 0.2) is 0 Å². The van der Waals surface area contributed by atoms with E-state index in [-0.39, 0.29) is 18.3 Å². The Labute approximate surface area is 113 Å². The third-order valence-electron chi connectivity index (χ3n) is 2.96. The average Bonchev–Trinajstić information content (AvgIpc) is 2.83. The summed E-state index contributed by atoms with van der Waals surface area (Å²) < 4.78 is 5.26. The second kappa shape index (κ2) is 7.24. The Kier molecular flexibility index (Phi) is 5.95. The van der Waals surface area contributed by atoms with Crippen molar-refractivity contribution in [1.82, 2.24) is 5.32 Å². The van der Waals surface area contributed by atoms with Crippen molar-refractivity contribution in [2.75, 3.05) is 25.5 Å². The zero-order valence-corrected chi connectivity index (χ0v) is 11.0. The molecule has 1 aromatic rings. The van der Waals surface area contributed by atoms with Gasteiger partial charge < -0.3 is 15.8 Å². The molecule has 0 saturated carbocycles. The molecule has 1 amide bonds. The van der Waals surface area contributed by atoms with Crippen LogP contribution in [0, 0.1) is 5.92 Å². The van der Waals surface area contributed by atoms with Gasteiger partial charge in [-0.15, -0.1) is 12.4 Å². The van der Waals surface area contributed by atoms with Gasteiger partial charge in [0, 0.05) is 24.8 Å². The molecule has 1 saturated heterocycles. The van der Waals surface area contributed by atoms with E-state index in [0.717, 1.165) is 30.9 Å². The number of ether oxygens (including phenoxy) is 1. The predicted molar refractivity (Wildman–Crippen MR) is 73.7 cm³/mol. The minimum Gasteiger partial charge on any atom is -0.399 e. The lowest BCUT2D eigenvalue weighted by atomic mass is 10.1. The van der Waals surface area contributed by atoms with Crippen LogP contribution in [0.25, 0.3) is 0 Å². The molecule has 5 heteroatoms. The molecule has 0 aromatic heterocycles. The largest absolute Gasteiger partial charge is 0.399 e. The average molecular weight is 271 g/mol. The standard InChI is InChI=1S/C13H18N2O2.ClH/c14-12-3-1-10(2-4-12)7-13(16)15-8-11-5-6-17-9-11;/h1-4,11H,5-9,14H2,(H,15,16);1H. The van der Waals surface area contributed by atoms with E-state index < -0.39 is 0 Å². The molecule has 0 aliphatic carbocycles. The molecular weight excluding hydrogens is 252 g/mol. The Hall–Kier alpha value is -1.26. The summed E-state index contributed by atoms with van der Waals surface area (Å²) >= 11 is 0. The summed E-state index contributed by atoms with van der Waals surface area (Å²) in [5.41, 5.74) is 7.29. The Bertz CT molecular complexity index is 375. The van der Waals surface area contributed by atoms with Crippen molar-refractivity contribution in [2.45, 2.75) is 12.8 Å². The Morgan fingerprint density at radius 2 is 2.11 bits per heavy atom. The first-order valence-electron chi connectivity index (χ1n) is 5.93. The van der Waals surface area contributed by atoms with Gasteiger partial charge >= 0.3 is 0 Å². The smallest absolute Gasteiger partial charge is 0.224 e. The molecule has 1 aromatic carbocycles. The van der Waals surface area contributed by atoms with E-state index in [2.05, 4.69) is 5.32 Å². The van der Waals surface area contributed by atoms with Crippen molar-refractivity contribution in [3.05, 3.63) is 29.8 Å². The fourth-order valence-corrected chi connectivity index (χ4v) is 1.89. The molecule has 0 bridgehead atoms. The van der Waals surface area contributed by atoms with Crippen LogP contribution in [0.2, 0.25) is 0 Å². The van der Waals surface area contributed by atoms with E-state index in [9.17, 15) is 4.79 Å². The van der Waals surface area contributed by atoms with Gasteiger partial charge in [0.1, 0.15) is 0 Å². The number of anilines is 1. The summed E-state index contributed by atoms with van der Waals surface area (Å²) in [6, 6.07) is 7.39. The van der Waals surface area contributed by atoms with E-state index in [1.165, 1.54) is 0 Å². The van der Waals surface area contributed by atoms with Crippen LogP contribution in [0.5, 0.6) is 0 Å². The lowest BCUT2D eigenvalue weighted by molar-refractivity contribution is -0.120. The molecule has 18 heavy (non-hydrogen) atoms. The summed E-state index contributed by atoms with van der Waals surface area (Å²) in [6.07, 6.45) is 1.45. The lowest BCUT2D eigenvalue weighted by Crippen LogP contribution is -2.30. The molecule has 1 fully saturated rings. The zero-order chi connectivity index (χ0) is 12.1. The summed E-state index contributed by atoms with van der Waals surface area (Å²) in [5.74, 6) is 0.534. The molecule has 3 N–H and O–H groups in total. The normalized spacial score (nSPS) is 18.1. The Morgan fingerprint density at radius 3 is 2.72 bits per heavy atom. The van der Waals surface area contributed by atoms with Crippen LogP contribution in [-0.2, 0) is 16.0 Å². The maximum Gasteiger partial charge on any atom is 0.224 e. The number of carbonyl (C=O) groups excluding carboxylic acids is 1. The number of hydrogen-bond acceptors (Lipinski definition) is 3. The van der Waals surface area contributed by atoms with E-state index in [1.54, 1.807) is 0 Å². The van der Waals surface area contributed by atoms with Crippen molar-refractivity contribution in [3.63, 3.8) is 0 Å². The van der Waals surface area contributed by atoms with Crippen molar-refractivity contribution in [1.29, 1.82) is 0 Å². The molecule has 0 radical (unpaired) electrons. The summed E-state index contributed by atoms with van der Waals surface area (Å²) in [4.78, 5) is 11.7. The maximum absolute atomic E-state index is 11.7. The number of nitrogens with one attached hydrogen (secondary N) is 1. The van der Waals surface area contributed by atoms with E-state index in [1.807, 2.05) is 24.3 Å². The number of amides is 1. The molecule has 0 spiro atoms. The van der Waals surface area contributed by atoms with Crippen LogP contribution in [0.4, 0.5) is 5.69 Å². The third kappa shape index (κ3) is 4.55. The molecule has 1 unspecified atom stereocenters. The third-order valence-corrected chi connectivity index (χ3v) is 2.96. The predicted octanol–water partition coefficient (Wildman–Crippen LogP) is 1.39. The fourth-order valence-electron chi connectivity index (χ4n) is 1.89. The summed E-state index contributed by atoms with van der Waals surface area (Å²) in [5, 5.41) is 2.94. The van der Waals surface area contributed by atoms with Gasteiger partial charge in [-0.2, -0.15) is 0 Å².